The van der Waals surface area contributed by atoms with Gasteiger partial charge in [0.2, 0.25) is 10.0 Å². The SMILES string of the molecule is CC1CCN(S(=O)(=O)c2ccc(C(=O)NCCC3CCCNC3)cc2)CC1. The van der Waals surface area contributed by atoms with Crippen LogP contribution in [0.5, 0.6) is 0 Å². The van der Waals surface area contributed by atoms with E-state index < -0.39 is 10.0 Å². The molecule has 2 aliphatic rings. The summed E-state index contributed by atoms with van der Waals surface area (Å²) in [4.78, 5) is 12.6. The number of sulfonamides is 1. The van der Waals surface area contributed by atoms with Gasteiger partial charge < -0.3 is 10.6 Å². The number of amides is 1. The Morgan fingerprint density at radius 2 is 1.89 bits per heavy atom. The van der Waals surface area contributed by atoms with E-state index in [1.54, 1.807) is 28.6 Å². The van der Waals surface area contributed by atoms with Crippen molar-refractivity contribution in [3.8, 4) is 0 Å². The van der Waals surface area contributed by atoms with Crippen molar-refractivity contribution in [3.05, 3.63) is 29.8 Å². The van der Waals surface area contributed by atoms with Gasteiger partial charge in [-0.15, -0.1) is 0 Å². The zero-order valence-corrected chi connectivity index (χ0v) is 16.9. The fourth-order valence-corrected chi connectivity index (χ4v) is 5.28. The quantitative estimate of drug-likeness (QED) is 0.777. The molecule has 1 unspecified atom stereocenters. The predicted molar refractivity (Wildman–Crippen MR) is 106 cm³/mol. The number of carbonyl (C=O) groups excluding carboxylic acids is 1. The minimum atomic E-state index is -3.46. The highest BCUT2D eigenvalue weighted by atomic mass is 32.2. The molecule has 0 bridgehead atoms. The summed E-state index contributed by atoms with van der Waals surface area (Å²) in [6.07, 6.45) is 5.18. The lowest BCUT2D eigenvalue weighted by Gasteiger charge is -2.29. The van der Waals surface area contributed by atoms with Gasteiger partial charge in [0.25, 0.3) is 5.91 Å². The van der Waals surface area contributed by atoms with Crippen molar-refractivity contribution in [2.45, 2.75) is 43.9 Å². The summed E-state index contributed by atoms with van der Waals surface area (Å²) in [6.45, 7) is 6.06. The average molecular weight is 394 g/mol. The van der Waals surface area contributed by atoms with E-state index in [0.29, 0.717) is 37.0 Å². The van der Waals surface area contributed by atoms with Crippen LogP contribution in [0.1, 0.15) is 49.4 Å². The minimum Gasteiger partial charge on any atom is -0.352 e. The van der Waals surface area contributed by atoms with Gasteiger partial charge in [-0.3, -0.25) is 4.79 Å². The molecular weight excluding hydrogens is 362 g/mol. The largest absolute Gasteiger partial charge is 0.352 e. The Balaban J connectivity index is 1.53. The molecule has 1 aromatic carbocycles. The van der Waals surface area contributed by atoms with E-state index in [4.69, 9.17) is 0 Å². The van der Waals surface area contributed by atoms with Crippen LogP contribution in [0.15, 0.2) is 29.2 Å². The monoisotopic (exact) mass is 393 g/mol. The first-order valence-electron chi connectivity index (χ1n) is 10.1. The maximum absolute atomic E-state index is 12.7. The lowest BCUT2D eigenvalue weighted by Crippen LogP contribution is -2.37. The van der Waals surface area contributed by atoms with Gasteiger partial charge in [-0.2, -0.15) is 4.31 Å². The second-order valence-corrected chi connectivity index (χ2v) is 9.81. The highest BCUT2D eigenvalue weighted by Crippen LogP contribution is 2.23. The molecule has 0 aromatic heterocycles. The second-order valence-electron chi connectivity index (χ2n) is 7.87. The molecule has 27 heavy (non-hydrogen) atoms. The number of piperidine rings is 2. The Hall–Kier alpha value is -1.44. The first-order valence-corrected chi connectivity index (χ1v) is 11.5. The number of carbonyl (C=O) groups is 1. The maximum atomic E-state index is 12.7. The molecule has 0 spiro atoms. The van der Waals surface area contributed by atoms with Crippen molar-refractivity contribution < 1.29 is 13.2 Å². The van der Waals surface area contributed by atoms with E-state index in [1.807, 2.05) is 0 Å². The van der Waals surface area contributed by atoms with Crippen LogP contribution in [0.3, 0.4) is 0 Å². The molecule has 1 aromatic rings. The van der Waals surface area contributed by atoms with Gasteiger partial charge in [-0.1, -0.05) is 6.92 Å². The summed E-state index contributed by atoms with van der Waals surface area (Å²) < 4.78 is 27.0. The summed E-state index contributed by atoms with van der Waals surface area (Å²) in [7, 11) is -3.46. The van der Waals surface area contributed by atoms with Crippen LogP contribution in [-0.2, 0) is 10.0 Å². The second kappa shape index (κ2) is 9.17. The lowest BCUT2D eigenvalue weighted by molar-refractivity contribution is 0.0950. The highest BCUT2D eigenvalue weighted by molar-refractivity contribution is 7.89. The number of hydrogen-bond acceptors (Lipinski definition) is 4. The molecule has 2 N–H and O–H groups in total. The summed E-state index contributed by atoms with van der Waals surface area (Å²) in [6, 6.07) is 6.31. The van der Waals surface area contributed by atoms with E-state index in [9.17, 15) is 13.2 Å². The number of rotatable bonds is 6. The highest BCUT2D eigenvalue weighted by Gasteiger charge is 2.28. The maximum Gasteiger partial charge on any atom is 0.251 e. The van der Waals surface area contributed by atoms with Gasteiger partial charge in [0.1, 0.15) is 0 Å². The third kappa shape index (κ3) is 5.30. The molecule has 3 rings (SSSR count). The third-order valence-electron chi connectivity index (χ3n) is 5.73. The normalized spacial score (nSPS) is 22.5. The van der Waals surface area contributed by atoms with Crippen molar-refractivity contribution in [2.75, 3.05) is 32.7 Å². The number of hydrogen-bond donors (Lipinski definition) is 2. The molecule has 0 radical (unpaired) electrons. The zero-order chi connectivity index (χ0) is 19.3. The van der Waals surface area contributed by atoms with Crippen LogP contribution in [0.25, 0.3) is 0 Å². The Kier molecular flexibility index (Phi) is 6.89. The summed E-state index contributed by atoms with van der Waals surface area (Å²) in [5.74, 6) is 1.06. The molecule has 0 aliphatic carbocycles. The van der Waals surface area contributed by atoms with E-state index in [2.05, 4.69) is 17.6 Å². The fourth-order valence-electron chi connectivity index (χ4n) is 3.81. The van der Waals surface area contributed by atoms with E-state index in [1.165, 1.54) is 12.8 Å². The average Bonchev–Trinajstić information content (AvgIpc) is 2.69. The van der Waals surface area contributed by atoms with Gasteiger partial charge in [-0.05, 0) is 81.3 Å². The Morgan fingerprint density at radius 1 is 1.19 bits per heavy atom. The number of benzene rings is 1. The Labute approximate surface area is 162 Å². The van der Waals surface area contributed by atoms with Crippen molar-refractivity contribution in [3.63, 3.8) is 0 Å². The number of nitrogens with one attached hydrogen (secondary N) is 2. The van der Waals surface area contributed by atoms with E-state index >= 15 is 0 Å². The van der Waals surface area contributed by atoms with Gasteiger partial charge in [0.05, 0.1) is 4.90 Å². The lowest BCUT2D eigenvalue weighted by atomic mass is 9.96. The predicted octanol–water partition coefficient (Wildman–Crippen LogP) is 2.23. The topological polar surface area (TPSA) is 78.5 Å². The molecule has 1 atom stereocenters. The molecule has 2 heterocycles. The molecule has 2 fully saturated rings. The molecule has 6 nitrogen and oxygen atoms in total. The van der Waals surface area contributed by atoms with Gasteiger partial charge in [-0.25, -0.2) is 8.42 Å². The van der Waals surface area contributed by atoms with Crippen molar-refractivity contribution in [1.29, 1.82) is 0 Å². The first kappa shape index (κ1) is 20.3. The standard InChI is InChI=1S/C20H31N3O3S/c1-16-9-13-23(14-10-16)27(25,26)19-6-4-18(5-7-19)20(24)22-12-8-17-3-2-11-21-15-17/h4-7,16-17,21H,2-3,8-15H2,1H3,(H,22,24). The van der Waals surface area contributed by atoms with Crippen LogP contribution in [0.2, 0.25) is 0 Å². The smallest absolute Gasteiger partial charge is 0.251 e. The van der Waals surface area contributed by atoms with Crippen molar-refractivity contribution >= 4 is 15.9 Å². The molecule has 2 aliphatic heterocycles. The Morgan fingerprint density at radius 3 is 2.52 bits per heavy atom. The summed E-state index contributed by atoms with van der Waals surface area (Å²) in [5.41, 5.74) is 0.503. The molecular formula is C20H31N3O3S. The zero-order valence-electron chi connectivity index (χ0n) is 16.1. The minimum absolute atomic E-state index is 0.144. The van der Waals surface area contributed by atoms with Gasteiger partial charge in [0, 0.05) is 25.2 Å². The van der Waals surface area contributed by atoms with Crippen molar-refractivity contribution in [1.82, 2.24) is 14.9 Å². The molecule has 1 amide bonds. The molecule has 0 saturated carbocycles. The van der Waals surface area contributed by atoms with Crippen molar-refractivity contribution in [2.24, 2.45) is 11.8 Å². The number of nitrogens with zero attached hydrogens (tertiary/aromatic N) is 1. The first-order chi connectivity index (χ1) is 13.0. The van der Waals surface area contributed by atoms with Crippen LogP contribution < -0.4 is 10.6 Å². The summed E-state index contributed by atoms with van der Waals surface area (Å²) >= 11 is 0. The molecule has 150 valence electrons. The van der Waals surface area contributed by atoms with Crippen LogP contribution >= 0.6 is 0 Å². The van der Waals surface area contributed by atoms with E-state index in [-0.39, 0.29) is 10.8 Å². The van der Waals surface area contributed by atoms with Gasteiger partial charge >= 0.3 is 0 Å². The van der Waals surface area contributed by atoms with Crippen LogP contribution in [0, 0.1) is 11.8 Å². The van der Waals surface area contributed by atoms with Crippen LogP contribution in [-0.4, -0.2) is 51.4 Å². The Bertz CT molecular complexity index is 719. The fraction of sp³-hybridized carbons (Fsp3) is 0.650. The van der Waals surface area contributed by atoms with Crippen LogP contribution in [0.4, 0.5) is 0 Å². The molecule has 7 heteroatoms. The van der Waals surface area contributed by atoms with Gasteiger partial charge in [0.15, 0.2) is 0 Å². The third-order valence-corrected chi connectivity index (χ3v) is 7.65. The van der Waals surface area contributed by atoms with E-state index in [0.717, 1.165) is 32.4 Å². The summed E-state index contributed by atoms with van der Waals surface area (Å²) in [5, 5.41) is 6.33. The molecule has 2 saturated heterocycles.